The molecule has 2 aliphatic heterocycles. The highest BCUT2D eigenvalue weighted by Crippen LogP contribution is 2.43. The minimum absolute atomic E-state index is 0.0322. The van der Waals surface area contributed by atoms with E-state index < -0.39 is 90.9 Å². The summed E-state index contributed by atoms with van der Waals surface area (Å²) in [7, 11) is 0.852. The first-order chi connectivity index (χ1) is 63.5. The number of hydrogen-bond donors (Lipinski definition) is 5. The number of aliphatic hydroxyl groups excluding tert-OH is 2. The molecule has 0 saturated carbocycles. The summed E-state index contributed by atoms with van der Waals surface area (Å²) in [5, 5.41) is 33.9. The Morgan fingerprint density at radius 2 is 0.832 bits per heavy atom. The second kappa shape index (κ2) is 56.9. The first kappa shape index (κ1) is 104. The number of carboxylic acids is 1. The molecule has 0 aliphatic carbocycles. The van der Waals surface area contributed by atoms with Crippen molar-refractivity contribution in [2.45, 2.75) is 120 Å². The summed E-state index contributed by atoms with van der Waals surface area (Å²) in [6.07, 6.45) is -2.68. The predicted octanol–water partition coefficient (Wildman–Crippen LogP) is 18.3. The number of aliphatic carboxylic acids is 1. The molecule has 2 saturated heterocycles. The number of cyclic esters (lactones) is 2. The molecule has 4 amide bonds. The average Bonchev–Trinajstić information content (AvgIpc) is 1.59. The first-order valence-electron chi connectivity index (χ1n) is 42.0. The topological polar surface area (TPSA) is 320 Å². The van der Waals surface area contributed by atoms with Crippen LogP contribution in [0.3, 0.4) is 0 Å². The standard InChI is InChI=1S/C26H25NO5.C24H21NO4.C20H21NO4.C19H21NO5.C9H12O2.C4H10O.BF3/c28-17-16-26(18-20-10-4-1-5-11-20)24(29)32-23(22-14-8-3-9-15-22)27(26)25(30)31-19-21-12-6-2-7-13-21;26-23-21(16-18-10-4-1-5-11-18)25(22(29-23)20-14-8-3-9-15-20)24(27)28-17-19-12-6-2-7-13-19;1-3-20(18(22)24-2,14-16-10-6-4-7-11-16)21-19(23)25-15-17-12-8-5-9-13-17;21-12-11-19(17(22)23,13-15-7-3-1-4-8-15)20-18(24)25-14-16-9-5-2-6-10-16;1-10-9(11-2)8-6-4-3-5-7-8;1-3-5-4-2;2-1(3)4/h1-15,23,28H,16-19H2;1-15,21-22H,16-17H2;3-13H,1,14-15H2,2H3,(H,21,23);1-10,21H,11-14H2,(H,20,24)(H,22,23);3-7,9H,1-2H3;3-4H2,1-2H3;/t23-,26+;21-,22+;20-;19-;;;/m1000.../s1. The molecular formula is C102H110BF3N4O21. The van der Waals surface area contributed by atoms with Crippen LogP contribution in [0, 0.1) is 0 Å². The molecule has 13 rings (SSSR count). The Bertz CT molecular complexity index is 5150. The number of aliphatic hydroxyl groups is 2. The number of hydrogen-bond acceptors (Lipinski definition) is 20. The highest BCUT2D eigenvalue weighted by atomic mass is 19.4. The number of carbonyl (C=O) groups is 8. The van der Waals surface area contributed by atoms with Crippen LogP contribution in [0.1, 0.15) is 107 Å². The molecule has 0 spiro atoms. The molecule has 6 atom stereocenters. The van der Waals surface area contributed by atoms with Gasteiger partial charge in [-0.1, -0.05) is 340 Å². The molecule has 5 N–H and O–H groups in total. The second-order valence-corrected chi connectivity index (χ2v) is 29.1. The van der Waals surface area contributed by atoms with E-state index in [1.165, 1.54) is 23.0 Å². The molecule has 688 valence electrons. The predicted molar refractivity (Wildman–Crippen MR) is 487 cm³/mol. The number of carboxylic acid groups (broad SMARTS) is 1. The largest absolute Gasteiger partial charge is 0.762 e. The molecule has 131 heavy (non-hydrogen) atoms. The van der Waals surface area contributed by atoms with E-state index in [4.69, 9.17) is 47.4 Å². The number of benzene rings is 11. The van der Waals surface area contributed by atoms with Gasteiger partial charge >= 0.3 is 55.8 Å². The number of nitrogens with zero attached hydrogens (tertiary/aromatic N) is 2. The van der Waals surface area contributed by atoms with E-state index in [2.05, 4.69) is 17.2 Å². The van der Waals surface area contributed by atoms with Gasteiger partial charge in [0.25, 0.3) is 0 Å². The molecule has 0 bridgehead atoms. The van der Waals surface area contributed by atoms with E-state index in [9.17, 15) is 66.6 Å². The minimum atomic E-state index is -3.67. The monoisotopic (exact) mass is 1790 g/mol. The van der Waals surface area contributed by atoms with Gasteiger partial charge in [0.15, 0.2) is 17.4 Å². The third-order valence-electron chi connectivity index (χ3n) is 20.0. The summed E-state index contributed by atoms with van der Waals surface area (Å²) in [5.41, 5.74) is 4.76. The van der Waals surface area contributed by atoms with Crippen molar-refractivity contribution in [2.75, 3.05) is 47.8 Å². The van der Waals surface area contributed by atoms with Crippen molar-refractivity contribution in [1.82, 2.24) is 20.4 Å². The van der Waals surface area contributed by atoms with Crippen molar-refractivity contribution >= 4 is 55.8 Å². The fourth-order valence-corrected chi connectivity index (χ4v) is 13.6. The van der Waals surface area contributed by atoms with Crippen LogP contribution >= 0.6 is 0 Å². The van der Waals surface area contributed by atoms with Crippen molar-refractivity contribution < 1.29 is 114 Å². The Balaban J connectivity index is 0.000000223. The molecule has 2 fully saturated rings. The lowest BCUT2D eigenvalue weighted by atomic mass is 9.86. The molecular weight excluding hydrogens is 1680 g/mol. The number of methoxy groups -OCH3 is 3. The molecule has 0 radical (unpaired) electrons. The van der Waals surface area contributed by atoms with Crippen LogP contribution in [0.2, 0.25) is 0 Å². The highest BCUT2D eigenvalue weighted by Gasteiger charge is 2.59. The lowest BCUT2D eigenvalue weighted by Gasteiger charge is -2.35. The average molecular weight is 1800 g/mol. The lowest BCUT2D eigenvalue weighted by molar-refractivity contribution is -0.147. The zero-order valence-corrected chi connectivity index (χ0v) is 73.5. The van der Waals surface area contributed by atoms with Crippen LogP contribution in [0.5, 0.6) is 0 Å². The van der Waals surface area contributed by atoms with Crippen LogP contribution in [0.4, 0.5) is 32.1 Å². The van der Waals surface area contributed by atoms with Crippen LogP contribution < -0.4 is 10.6 Å². The number of carbonyl (C=O) groups excluding carboxylic acids is 7. The van der Waals surface area contributed by atoms with Gasteiger partial charge in [-0.25, -0.2) is 38.4 Å². The van der Waals surface area contributed by atoms with Crippen molar-refractivity contribution in [1.29, 1.82) is 0 Å². The summed E-state index contributed by atoms with van der Waals surface area (Å²) in [4.78, 5) is 104. The smallest absolute Gasteiger partial charge is 0.479 e. The Kier molecular flexibility index (Phi) is 45.1. The van der Waals surface area contributed by atoms with E-state index in [0.29, 0.717) is 12.0 Å². The van der Waals surface area contributed by atoms with E-state index in [1.54, 1.807) is 62.8 Å². The van der Waals surface area contributed by atoms with Crippen LogP contribution in [-0.4, -0.2) is 151 Å². The summed E-state index contributed by atoms with van der Waals surface area (Å²) < 4.78 is 81.7. The third-order valence-corrected chi connectivity index (χ3v) is 20.0. The zero-order valence-electron chi connectivity index (χ0n) is 73.5. The summed E-state index contributed by atoms with van der Waals surface area (Å²) in [6.45, 7) is 9.03. The van der Waals surface area contributed by atoms with Crippen molar-refractivity contribution in [3.05, 3.63) is 408 Å². The second-order valence-electron chi connectivity index (χ2n) is 29.1. The van der Waals surface area contributed by atoms with Crippen LogP contribution in [-0.2, 0) is 119 Å². The number of ether oxygens (including phenoxy) is 10. The van der Waals surface area contributed by atoms with E-state index in [0.717, 1.165) is 68.8 Å². The number of alkyl carbamates (subject to hydrolysis) is 2. The Labute approximate surface area is 761 Å². The SMILES string of the molecule is C=C[C@@](Cc1ccccc1)(NC(=O)OCc1ccccc1)C(=O)OC.CCOCC.COC(OC)c1ccccc1.FB(F)F.O=C(N[C@@](CCO)(Cc1ccccc1)C(=O)O)OCc1ccccc1.O=C(OCc1ccccc1)N1[C@@H](c2ccccc2)OC(=O)[C@]1(CCO)Cc1ccccc1.O=C1O[C@H](c2ccccc2)N(C(=O)OCc2ccccc2)[C@H]1Cc1ccccc1. The first-order valence-corrected chi connectivity index (χ1v) is 42.0. The molecule has 2 aliphatic rings. The molecule has 0 aromatic heterocycles. The number of esters is 3. The third kappa shape index (κ3) is 34.1. The highest BCUT2D eigenvalue weighted by molar-refractivity contribution is 6.33. The zero-order chi connectivity index (χ0) is 94.5. The van der Waals surface area contributed by atoms with Crippen molar-refractivity contribution in [3.63, 3.8) is 0 Å². The Morgan fingerprint density at radius 3 is 1.21 bits per heavy atom. The van der Waals surface area contributed by atoms with Gasteiger partial charge in [-0.2, -0.15) is 0 Å². The van der Waals surface area contributed by atoms with Crippen LogP contribution in [0.25, 0.3) is 0 Å². The van der Waals surface area contributed by atoms with Gasteiger partial charge < -0.3 is 73.3 Å². The van der Waals surface area contributed by atoms with Crippen molar-refractivity contribution in [3.8, 4) is 0 Å². The van der Waals surface area contributed by atoms with Gasteiger partial charge in [-0.15, -0.1) is 6.58 Å². The van der Waals surface area contributed by atoms with E-state index >= 15 is 0 Å². The molecule has 29 heteroatoms. The Hall–Kier alpha value is -14.2. The number of rotatable bonds is 32. The summed E-state index contributed by atoms with van der Waals surface area (Å²) in [6, 6.07) is 102. The van der Waals surface area contributed by atoms with Gasteiger partial charge in [0.05, 0.1) is 7.11 Å². The fraction of sp³-hybridized carbons (Fsp3) is 0.255. The quantitative estimate of drug-likeness (QED) is 0.00860. The minimum Gasteiger partial charge on any atom is -0.479 e. The van der Waals surface area contributed by atoms with Gasteiger partial charge in [-0.3, -0.25) is 22.7 Å². The van der Waals surface area contributed by atoms with Gasteiger partial charge in [0, 0.05) is 95.9 Å². The van der Waals surface area contributed by atoms with Gasteiger partial charge in [0.1, 0.15) is 38.0 Å². The molecule has 2 heterocycles. The van der Waals surface area contributed by atoms with E-state index in [1.807, 2.05) is 299 Å². The van der Waals surface area contributed by atoms with Gasteiger partial charge in [-0.05, 0) is 58.4 Å². The number of halogens is 3. The fourth-order valence-electron chi connectivity index (χ4n) is 13.6. The maximum Gasteiger partial charge on any atom is 0.762 e. The summed E-state index contributed by atoms with van der Waals surface area (Å²) >= 11 is 0. The lowest BCUT2D eigenvalue weighted by Crippen LogP contribution is -2.56. The van der Waals surface area contributed by atoms with E-state index in [-0.39, 0.29) is 78.0 Å². The maximum absolute atomic E-state index is 13.4. The molecule has 11 aromatic carbocycles. The number of amides is 4. The van der Waals surface area contributed by atoms with Crippen molar-refractivity contribution in [2.24, 2.45) is 0 Å². The summed E-state index contributed by atoms with van der Waals surface area (Å²) in [5.74, 6) is -2.81. The van der Waals surface area contributed by atoms with Crippen LogP contribution in [0.15, 0.2) is 346 Å². The molecule has 25 nitrogen and oxygen atoms in total. The Morgan fingerprint density at radius 1 is 0.473 bits per heavy atom. The maximum atomic E-state index is 13.4. The normalized spacial score (nSPS) is 15.2. The number of nitrogens with one attached hydrogen (secondary N) is 2. The molecule has 11 aromatic rings. The van der Waals surface area contributed by atoms with Gasteiger partial charge in [0.2, 0.25) is 12.5 Å². The molecule has 0 unspecified atom stereocenters.